The van der Waals surface area contributed by atoms with Crippen LogP contribution in [0.3, 0.4) is 0 Å². The van der Waals surface area contributed by atoms with Crippen LogP contribution in [-0.2, 0) is 9.53 Å². The number of nitriles is 1. The molecule has 0 N–H and O–H groups in total. The molecule has 100 valence electrons. The standard InChI is InChI=1S/C14H15FN2O2/c1-19-14(18)11-2-4-17(5-3-11)13-7-10(9-16)6-12(15)8-13/h6-8,11H,2-5H2,1H3. The number of hydrogen-bond donors (Lipinski definition) is 0. The normalized spacial score (nSPS) is 15.9. The molecule has 0 aliphatic carbocycles. The summed E-state index contributed by atoms with van der Waals surface area (Å²) >= 11 is 0. The molecule has 1 aromatic rings. The molecule has 4 nitrogen and oxygen atoms in total. The highest BCUT2D eigenvalue weighted by atomic mass is 19.1. The summed E-state index contributed by atoms with van der Waals surface area (Å²) in [6.07, 6.45) is 1.37. The van der Waals surface area contributed by atoms with Gasteiger partial charge in [-0.1, -0.05) is 0 Å². The van der Waals surface area contributed by atoms with E-state index in [9.17, 15) is 9.18 Å². The van der Waals surface area contributed by atoms with Crippen molar-refractivity contribution >= 4 is 11.7 Å². The van der Waals surface area contributed by atoms with E-state index in [-0.39, 0.29) is 11.9 Å². The molecule has 1 fully saturated rings. The van der Waals surface area contributed by atoms with Crippen LogP contribution in [0.2, 0.25) is 0 Å². The summed E-state index contributed by atoms with van der Waals surface area (Å²) in [6.45, 7) is 1.32. The Morgan fingerprint density at radius 2 is 2.11 bits per heavy atom. The van der Waals surface area contributed by atoms with E-state index in [0.717, 1.165) is 0 Å². The summed E-state index contributed by atoms with van der Waals surface area (Å²) in [7, 11) is 1.39. The molecule has 19 heavy (non-hydrogen) atoms. The zero-order chi connectivity index (χ0) is 13.8. The number of carbonyl (C=O) groups excluding carboxylic acids is 1. The number of methoxy groups -OCH3 is 1. The Hall–Kier alpha value is -2.09. The van der Waals surface area contributed by atoms with Gasteiger partial charge in [-0.25, -0.2) is 4.39 Å². The smallest absolute Gasteiger partial charge is 0.308 e. The van der Waals surface area contributed by atoms with Gasteiger partial charge in [0.2, 0.25) is 0 Å². The largest absolute Gasteiger partial charge is 0.469 e. The molecule has 1 aliphatic heterocycles. The SMILES string of the molecule is COC(=O)C1CCN(c2cc(F)cc(C#N)c2)CC1. The minimum atomic E-state index is -0.413. The molecule has 0 amide bonds. The molecule has 0 unspecified atom stereocenters. The Kier molecular flexibility index (Phi) is 4.00. The molecule has 1 aromatic carbocycles. The monoisotopic (exact) mass is 262 g/mol. The number of piperidine rings is 1. The lowest BCUT2D eigenvalue weighted by molar-refractivity contribution is -0.146. The van der Waals surface area contributed by atoms with Crippen molar-refractivity contribution in [2.24, 2.45) is 5.92 Å². The summed E-state index contributed by atoms with van der Waals surface area (Å²) in [6, 6.07) is 6.24. The van der Waals surface area contributed by atoms with Crippen LogP contribution in [0, 0.1) is 23.1 Å². The predicted octanol–water partition coefficient (Wildman–Crippen LogP) is 2.09. The molecule has 2 rings (SSSR count). The number of anilines is 1. The summed E-state index contributed by atoms with van der Waals surface area (Å²) in [5.41, 5.74) is 1.00. The second kappa shape index (κ2) is 5.70. The van der Waals surface area contributed by atoms with Crippen molar-refractivity contribution in [2.45, 2.75) is 12.8 Å². The number of hydrogen-bond acceptors (Lipinski definition) is 4. The second-order valence-corrected chi connectivity index (χ2v) is 4.59. The highest BCUT2D eigenvalue weighted by Crippen LogP contribution is 2.25. The number of carbonyl (C=O) groups is 1. The van der Waals surface area contributed by atoms with Gasteiger partial charge in [-0.2, -0.15) is 5.26 Å². The van der Waals surface area contributed by atoms with Crippen LogP contribution in [0.1, 0.15) is 18.4 Å². The van der Waals surface area contributed by atoms with Crippen LogP contribution in [0.25, 0.3) is 0 Å². The lowest BCUT2D eigenvalue weighted by Crippen LogP contribution is -2.36. The van der Waals surface area contributed by atoms with E-state index >= 15 is 0 Å². The summed E-state index contributed by atoms with van der Waals surface area (Å²) < 4.78 is 18.1. The average Bonchev–Trinajstić information content (AvgIpc) is 2.46. The van der Waals surface area contributed by atoms with Crippen molar-refractivity contribution in [1.82, 2.24) is 0 Å². The average molecular weight is 262 g/mol. The zero-order valence-corrected chi connectivity index (χ0v) is 10.7. The molecule has 1 saturated heterocycles. The maximum atomic E-state index is 13.4. The zero-order valence-electron chi connectivity index (χ0n) is 10.7. The van der Waals surface area contributed by atoms with Crippen molar-refractivity contribution in [3.05, 3.63) is 29.6 Å². The van der Waals surface area contributed by atoms with Crippen LogP contribution < -0.4 is 4.90 Å². The first kappa shape index (κ1) is 13.3. The van der Waals surface area contributed by atoms with Gasteiger partial charge in [0, 0.05) is 18.8 Å². The van der Waals surface area contributed by atoms with Gasteiger partial charge >= 0.3 is 5.97 Å². The fourth-order valence-electron chi connectivity index (χ4n) is 2.36. The number of ether oxygens (including phenoxy) is 1. The highest BCUT2D eigenvalue weighted by Gasteiger charge is 2.25. The Bertz CT molecular complexity index is 517. The first-order valence-corrected chi connectivity index (χ1v) is 6.17. The topological polar surface area (TPSA) is 53.3 Å². The van der Waals surface area contributed by atoms with Gasteiger partial charge in [-0.15, -0.1) is 0 Å². The Morgan fingerprint density at radius 1 is 1.42 bits per heavy atom. The lowest BCUT2D eigenvalue weighted by Gasteiger charge is -2.32. The van der Waals surface area contributed by atoms with E-state index < -0.39 is 5.82 Å². The summed E-state index contributed by atoms with van der Waals surface area (Å²) in [5, 5.41) is 8.84. The van der Waals surface area contributed by atoms with Gasteiger partial charge in [0.05, 0.1) is 24.7 Å². The van der Waals surface area contributed by atoms with Gasteiger partial charge < -0.3 is 9.64 Å². The minimum Gasteiger partial charge on any atom is -0.469 e. The van der Waals surface area contributed by atoms with Gasteiger partial charge in [0.15, 0.2) is 0 Å². The van der Waals surface area contributed by atoms with Crippen LogP contribution in [-0.4, -0.2) is 26.2 Å². The predicted molar refractivity (Wildman–Crippen MR) is 68.1 cm³/mol. The number of halogens is 1. The molecule has 0 spiro atoms. The minimum absolute atomic E-state index is 0.0785. The molecule has 1 aliphatic rings. The third-order valence-electron chi connectivity index (χ3n) is 3.41. The van der Waals surface area contributed by atoms with Gasteiger partial charge in [0.1, 0.15) is 5.82 Å². The first-order valence-electron chi connectivity index (χ1n) is 6.17. The van der Waals surface area contributed by atoms with E-state index in [1.807, 2.05) is 11.0 Å². The van der Waals surface area contributed by atoms with Crippen molar-refractivity contribution in [1.29, 1.82) is 5.26 Å². The van der Waals surface area contributed by atoms with E-state index in [4.69, 9.17) is 10.00 Å². The van der Waals surface area contributed by atoms with E-state index in [2.05, 4.69) is 0 Å². The number of rotatable bonds is 2. The molecule has 0 aromatic heterocycles. The third-order valence-corrected chi connectivity index (χ3v) is 3.41. The fraction of sp³-hybridized carbons (Fsp3) is 0.429. The lowest BCUT2D eigenvalue weighted by atomic mass is 9.96. The van der Waals surface area contributed by atoms with Crippen LogP contribution in [0.5, 0.6) is 0 Å². The van der Waals surface area contributed by atoms with E-state index in [0.29, 0.717) is 37.2 Å². The van der Waals surface area contributed by atoms with Crippen molar-refractivity contribution in [3.63, 3.8) is 0 Å². The molecular weight excluding hydrogens is 247 g/mol. The van der Waals surface area contributed by atoms with Gasteiger partial charge in [-0.3, -0.25) is 4.79 Å². The van der Waals surface area contributed by atoms with Crippen LogP contribution in [0.15, 0.2) is 18.2 Å². The molecule has 5 heteroatoms. The van der Waals surface area contributed by atoms with Gasteiger partial charge in [-0.05, 0) is 31.0 Å². The fourth-order valence-corrected chi connectivity index (χ4v) is 2.36. The first-order chi connectivity index (χ1) is 9.13. The quantitative estimate of drug-likeness (QED) is 0.766. The molecule has 1 heterocycles. The van der Waals surface area contributed by atoms with Crippen LogP contribution >= 0.6 is 0 Å². The maximum absolute atomic E-state index is 13.4. The molecule has 0 radical (unpaired) electrons. The van der Waals surface area contributed by atoms with Crippen molar-refractivity contribution in [2.75, 3.05) is 25.1 Å². The Morgan fingerprint density at radius 3 is 2.68 bits per heavy atom. The summed E-state index contributed by atoms with van der Waals surface area (Å²) in [5.74, 6) is -0.675. The van der Waals surface area contributed by atoms with E-state index in [1.165, 1.54) is 19.2 Å². The number of benzene rings is 1. The number of nitrogens with zero attached hydrogens (tertiary/aromatic N) is 2. The Labute approximate surface area is 111 Å². The van der Waals surface area contributed by atoms with Crippen LogP contribution in [0.4, 0.5) is 10.1 Å². The molecular formula is C14H15FN2O2. The Balaban J connectivity index is 2.08. The summed E-state index contributed by atoms with van der Waals surface area (Å²) in [4.78, 5) is 13.4. The van der Waals surface area contributed by atoms with Crippen molar-refractivity contribution in [3.8, 4) is 6.07 Å². The number of esters is 1. The molecule has 0 atom stereocenters. The molecule has 0 saturated carbocycles. The molecule has 0 bridgehead atoms. The van der Waals surface area contributed by atoms with Crippen molar-refractivity contribution < 1.29 is 13.9 Å². The maximum Gasteiger partial charge on any atom is 0.308 e. The second-order valence-electron chi connectivity index (χ2n) is 4.59. The van der Waals surface area contributed by atoms with E-state index in [1.54, 1.807) is 6.07 Å². The third kappa shape index (κ3) is 3.02. The highest BCUT2D eigenvalue weighted by molar-refractivity contribution is 5.72. The van der Waals surface area contributed by atoms with Gasteiger partial charge in [0.25, 0.3) is 0 Å².